The normalized spacial score (nSPS) is 21.1. The van der Waals surface area contributed by atoms with Gasteiger partial charge in [-0.1, -0.05) is 60.3 Å². The Kier molecular flexibility index (Phi) is 10.5. The van der Waals surface area contributed by atoms with Crippen LogP contribution in [0.5, 0.6) is 5.75 Å². The Morgan fingerprint density at radius 1 is 0.959 bits per heavy atom. The van der Waals surface area contributed by atoms with E-state index in [9.17, 15) is 33.0 Å². The predicted octanol–water partition coefficient (Wildman–Crippen LogP) is 4.37. The van der Waals surface area contributed by atoms with Gasteiger partial charge in [0.15, 0.2) is 6.29 Å². The Morgan fingerprint density at radius 2 is 1.65 bits per heavy atom. The van der Waals surface area contributed by atoms with Gasteiger partial charge in [-0.25, -0.2) is 0 Å². The summed E-state index contributed by atoms with van der Waals surface area (Å²) in [7, 11) is 0. The fourth-order valence-corrected chi connectivity index (χ4v) is 6.67. The zero-order valence-electron chi connectivity index (χ0n) is 26.0. The lowest BCUT2D eigenvalue weighted by Gasteiger charge is -2.36. The zero-order chi connectivity index (χ0) is 34.5. The molecule has 4 unspecified atom stereocenters. The first-order valence-electron chi connectivity index (χ1n) is 15.5. The number of tetrazole rings is 1. The minimum absolute atomic E-state index is 0.0604. The number of carbonyl (C=O) groups is 2. The Hall–Kier alpha value is -4.51. The van der Waals surface area contributed by atoms with Crippen molar-refractivity contribution in [3.63, 3.8) is 0 Å². The maximum atomic E-state index is 13.0. The molecule has 4 aromatic rings. The van der Waals surface area contributed by atoms with Crippen molar-refractivity contribution in [2.45, 2.75) is 68.3 Å². The second-order valence-electron chi connectivity index (χ2n) is 11.7. The number of amides is 2. The SMILES string of the molecule is O=C(NCc1ccc(C2OC(CSc3nnnn3-c3ccc(O)cc3)CC(c3ccc(CO)cc3)O2)cc1)C1CCCN1C(=O)C(F)(F)F. The van der Waals surface area contributed by atoms with Crippen molar-refractivity contribution >= 4 is 23.6 Å². The Bertz CT molecular complexity index is 1740. The van der Waals surface area contributed by atoms with E-state index in [0.29, 0.717) is 45.5 Å². The molecule has 3 heterocycles. The van der Waals surface area contributed by atoms with Gasteiger partial charge < -0.3 is 29.9 Å². The highest BCUT2D eigenvalue weighted by molar-refractivity contribution is 7.99. The van der Waals surface area contributed by atoms with E-state index in [2.05, 4.69) is 20.8 Å². The van der Waals surface area contributed by atoms with Crippen molar-refractivity contribution in [2.75, 3.05) is 12.3 Å². The smallest absolute Gasteiger partial charge is 0.471 e. The number of likely N-dealkylation sites (tertiary alicyclic amines) is 1. The van der Waals surface area contributed by atoms with Gasteiger partial charge in [-0.15, -0.1) is 5.10 Å². The van der Waals surface area contributed by atoms with Crippen molar-refractivity contribution in [1.29, 1.82) is 0 Å². The Morgan fingerprint density at radius 3 is 2.35 bits per heavy atom. The standard InChI is InChI=1S/C33H33F3N6O6S/c34-33(35,36)31(46)41-15-1-2-27(41)29(45)37-17-20-3-9-23(10-4-20)30-47-26(16-28(48-30)22-7-5-21(18-43)6-8-22)19-49-32-38-39-40-42(32)24-11-13-25(44)14-12-24/h3-14,26-28,30,43-44H,1-2,15-19H2,(H,37,45). The monoisotopic (exact) mass is 698 g/mol. The third-order valence-corrected chi connectivity index (χ3v) is 9.38. The van der Waals surface area contributed by atoms with Crippen LogP contribution in [-0.2, 0) is 32.2 Å². The summed E-state index contributed by atoms with van der Waals surface area (Å²) in [4.78, 5) is 25.1. The molecular weight excluding hydrogens is 665 g/mol. The lowest BCUT2D eigenvalue weighted by molar-refractivity contribution is -0.245. The molecule has 6 rings (SSSR count). The van der Waals surface area contributed by atoms with Crippen LogP contribution in [0.4, 0.5) is 13.2 Å². The number of rotatable bonds is 10. The summed E-state index contributed by atoms with van der Waals surface area (Å²) in [6.07, 6.45) is -5.40. The second-order valence-corrected chi connectivity index (χ2v) is 12.7. The highest BCUT2D eigenvalue weighted by Gasteiger charge is 2.47. The van der Waals surface area contributed by atoms with Crippen LogP contribution in [0, 0.1) is 0 Å². The van der Waals surface area contributed by atoms with Crippen LogP contribution >= 0.6 is 11.8 Å². The summed E-state index contributed by atoms with van der Waals surface area (Å²) < 4.78 is 53.3. The largest absolute Gasteiger partial charge is 0.508 e. The van der Waals surface area contributed by atoms with Crippen LogP contribution in [-0.4, -0.2) is 77.8 Å². The molecule has 12 nitrogen and oxygen atoms in total. The fourth-order valence-electron chi connectivity index (χ4n) is 5.76. The molecule has 3 N–H and O–H groups in total. The minimum atomic E-state index is -5.04. The molecule has 0 radical (unpaired) electrons. The average Bonchev–Trinajstić information content (AvgIpc) is 3.80. The summed E-state index contributed by atoms with van der Waals surface area (Å²) >= 11 is 1.41. The van der Waals surface area contributed by atoms with Gasteiger partial charge in [-0.2, -0.15) is 17.9 Å². The number of phenolic OH excluding ortho intramolecular Hbond substituents is 1. The molecule has 3 aromatic carbocycles. The van der Waals surface area contributed by atoms with Crippen molar-refractivity contribution in [2.24, 2.45) is 0 Å². The number of aromatic nitrogens is 4. The van der Waals surface area contributed by atoms with Gasteiger partial charge in [-0.3, -0.25) is 9.59 Å². The number of aliphatic hydroxyl groups is 1. The number of hydrogen-bond acceptors (Lipinski definition) is 10. The number of nitrogens with zero attached hydrogens (tertiary/aromatic N) is 5. The third-order valence-electron chi connectivity index (χ3n) is 8.33. The lowest BCUT2D eigenvalue weighted by Crippen LogP contribution is -2.50. The molecule has 2 aliphatic heterocycles. The molecule has 2 amide bonds. The summed E-state index contributed by atoms with van der Waals surface area (Å²) in [5, 5.41) is 34.4. The number of aliphatic hydroxyl groups excluding tert-OH is 1. The van der Waals surface area contributed by atoms with Gasteiger partial charge in [0.25, 0.3) is 0 Å². The third kappa shape index (κ3) is 8.21. The van der Waals surface area contributed by atoms with Gasteiger partial charge >= 0.3 is 12.1 Å². The summed E-state index contributed by atoms with van der Waals surface area (Å²) in [6, 6.07) is 20.0. The van der Waals surface area contributed by atoms with Crippen molar-refractivity contribution in [1.82, 2.24) is 30.4 Å². The maximum absolute atomic E-state index is 13.0. The van der Waals surface area contributed by atoms with Crippen molar-refractivity contribution in [3.8, 4) is 11.4 Å². The van der Waals surface area contributed by atoms with Gasteiger partial charge in [0.05, 0.1) is 24.5 Å². The number of hydrogen-bond donors (Lipinski definition) is 3. The van der Waals surface area contributed by atoms with E-state index in [0.717, 1.165) is 11.1 Å². The van der Waals surface area contributed by atoms with Crippen LogP contribution in [0.25, 0.3) is 5.69 Å². The summed E-state index contributed by atoms with van der Waals surface area (Å²) in [5.74, 6) is -2.02. The topological polar surface area (TPSA) is 152 Å². The first-order valence-corrected chi connectivity index (χ1v) is 16.5. The number of ether oxygens (including phenoxy) is 2. The predicted molar refractivity (Wildman–Crippen MR) is 169 cm³/mol. The summed E-state index contributed by atoms with van der Waals surface area (Å²) in [5.41, 5.74) is 3.79. The Labute approximate surface area is 283 Å². The summed E-state index contributed by atoms with van der Waals surface area (Å²) in [6.45, 7) is -0.136. The van der Waals surface area contributed by atoms with E-state index >= 15 is 0 Å². The number of nitrogens with one attached hydrogen (secondary N) is 1. The van der Waals surface area contributed by atoms with E-state index in [1.165, 1.54) is 11.8 Å². The molecule has 16 heteroatoms. The van der Waals surface area contributed by atoms with Crippen molar-refractivity contribution < 1.29 is 42.4 Å². The number of halogens is 3. The second kappa shape index (κ2) is 14.9. The van der Waals surface area contributed by atoms with E-state index in [1.807, 2.05) is 24.3 Å². The Balaban J connectivity index is 1.13. The fraction of sp³-hybridized carbons (Fsp3) is 0.364. The van der Waals surface area contributed by atoms with Gasteiger partial charge in [0.1, 0.15) is 11.8 Å². The van der Waals surface area contributed by atoms with Crippen LogP contribution < -0.4 is 5.32 Å². The highest BCUT2D eigenvalue weighted by Crippen LogP contribution is 2.39. The van der Waals surface area contributed by atoms with Crippen molar-refractivity contribution in [3.05, 3.63) is 95.1 Å². The first kappa shape index (κ1) is 34.4. The molecule has 0 spiro atoms. The number of aromatic hydroxyl groups is 1. The lowest BCUT2D eigenvalue weighted by atomic mass is 10.0. The minimum Gasteiger partial charge on any atom is -0.508 e. The van der Waals surface area contributed by atoms with Gasteiger partial charge in [0.2, 0.25) is 11.1 Å². The number of carbonyl (C=O) groups excluding carboxylic acids is 2. The van der Waals surface area contributed by atoms with Crippen LogP contribution in [0.1, 0.15) is 53.9 Å². The number of thioether (sulfide) groups is 1. The van der Waals surface area contributed by atoms with E-state index in [4.69, 9.17) is 9.47 Å². The maximum Gasteiger partial charge on any atom is 0.471 e. The molecule has 49 heavy (non-hydrogen) atoms. The van der Waals surface area contributed by atoms with E-state index in [-0.39, 0.29) is 44.1 Å². The molecule has 2 aliphatic rings. The van der Waals surface area contributed by atoms with E-state index in [1.54, 1.807) is 53.2 Å². The molecule has 4 atom stereocenters. The van der Waals surface area contributed by atoms with Gasteiger partial charge in [-0.05, 0) is 64.2 Å². The van der Waals surface area contributed by atoms with E-state index < -0.39 is 30.3 Å². The highest BCUT2D eigenvalue weighted by atomic mass is 32.2. The average molecular weight is 699 g/mol. The molecule has 1 aromatic heterocycles. The number of alkyl halides is 3. The first-order chi connectivity index (χ1) is 23.6. The quantitative estimate of drug-likeness (QED) is 0.204. The molecule has 0 saturated carbocycles. The van der Waals surface area contributed by atoms with Gasteiger partial charge in [0, 0.05) is 30.8 Å². The number of phenols is 1. The zero-order valence-corrected chi connectivity index (χ0v) is 26.8. The molecule has 0 aliphatic carbocycles. The number of benzene rings is 3. The molecular formula is C33H33F3N6O6S. The molecule has 2 fully saturated rings. The van der Waals surface area contributed by atoms with Crippen LogP contribution in [0.3, 0.4) is 0 Å². The van der Waals surface area contributed by atoms with Crippen LogP contribution in [0.15, 0.2) is 78.0 Å². The van der Waals surface area contributed by atoms with Crippen LogP contribution in [0.2, 0.25) is 0 Å². The molecule has 258 valence electrons. The molecule has 0 bridgehead atoms. The molecule has 2 saturated heterocycles.